The van der Waals surface area contributed by atoms with E-state index in [0.29, 0.717) is 19.0 Å². The number of carbonyl (C=O) groups is 1. The smallest absolute Gasteiger partial charge is 0.356 e. The molecule has 1 atom stereocenters. The van der Waals surface area contributed by atoms with Gasteiger partial charge in [-0.1, -0.05) is 5.16 Å². The average molecular weight is 279 g/mol. The van der Waals surface area contributed by atoms with Crippen molar-refractivity contribution >= 4 is 5.97 Å². The van der Waals surface area contributed by atoms with Crippen LogP contribution in [0.1, 0.15) is 22.4 Å². The van der Waals surface area contributed by atoms with Gasteiger partial charge in [-0.25, -0.2) is 9.78 Å². The number of rotatable bonds is 3. The zero-order chi connectivity index (χ0) is 14.1. The predicted molar refractivity (Wildman–Crippen MR) is 65.0 cm³/mol. The molecule has 9 nitrogen and oxygen atoms in total. The van der Waals surface area contributed by atoms with Gasteiger partial charge in [-0.15, -0.1) is 0 Å². The van der Waals surface area contributed by atoms with Crippen LogP contribution in [0, 0.1) is 0 Å². The molecule has 0 saturated carbocycles. The van der Waals surface area contributed by atoms with Crippen LogP contribution >= 0.6 is 0 Å². The molecule has 0 aliphatic carbocycles. The largest absolute Gasteiger partial charge is 0.476 e. The third-order valence-corrected chi connectivity index (χ3v) is 3.06. The highest BCUT2D eigenvalue weighted by Crippen LogP contribution is 2.23. The SMILES string of the molecule is CN1CCOC(c2noc(-c3[nH]cnc3C(=O)O)n2)C1. The van der Waals surface area contributed by atoms with E-state index in [2.05, 4.69) is 25.0 Å². The second-order valence-corrected chi connectivity index (χ2v) is 4.51. The molecule has 0 spiro atoms. The monoisotopic (exact) mass is 279 g/mol. The molecule has 1 saturated heterocycles. The Bertz CT molecular complexity index is 622. The van der Waals surface area contributed by atoms with Crippen molar-refractivity contribution in [2.24, 2.45) is 0 Å². The van der Waals surface area contributed by atoms with E-state index in [1.165, 1.54) is 6.33 Å². The van der Waals surface area contributed by atoms with Crippen molar-refractivity contribution in [3.05, 3.63) is 17.8 Å². The lowest BCUT2D eigenvalue weighted by molar-refractivity contribution is -0.0264. The van der Waals surface area contributed by atoms with Crippen LogP contribution < -0.4 is 0 Å². The van der Waals surface area contributed by atoms with Gasteiger partial charge in [0.25, 0.3) is 5.89 Å². The van der Waals surface area contributed by atoms with Crippen molar-refractivity contribution in [1.29, 1.82) is 0 Å². The van der Waals surface area contributed by atoms with Gasteiger partial charge in [0.2, 0.25) is 5.82 Å². The number of morpholine rings is 1. The Kier molecular flexibility index (Phi) is 3.20. The van der Waals surface area contributed by atoms with E-state index in [0.717, 1.165) is 6.54 Å². The lowest BCUT2D eigenvalue weighted by Gasteiger charge is -2.27. The Morgan fingerprint density at radius 2 is 2.45 bits per heavy atom. The summed E-state index contributed by atoms with van der Waals surface area (Å²) >= 11 is 0. The Morgan fingerprint density at radius 1 is 1.60 bits per heavy atom. The first-order valence-electron chi connectivity index (χ1n) is 6.06. The summed E-state index contributed by atoms with van der Waals surface area (Å²) in [5.41, 5.74) is 0.0438. The molecular formula is C11H13N5O4. The minimum atomic E-state index is -1.16. The van der Waals surface area contributed by atoms with Gasteiger partial charge in [0, 0.05) is 13.1 Å². The number of hydrogen-bond donors (Lipinski definition) is 2. The van der Waals surface area contributed by atoms with Gasteiger partial charge < -0.3 is 24.3 Å². The van der Waals surface area contributed by atoms with Crippen molar-refractivity contribution in [1.82, 2.24) is 25.0 Å². The van der Waals surface area contributed by atoms with Crippen LogP contribution in [0.2, 0.25) is 0 Å². The summed E-state index contributed by atoms with van der Waals surface area (Å²) in [5.74, 6) is -0.668. The minimum Gasteiger partial charge on any atom is -0.476 e. The van der Waals surface area contributed by atoms with Crippen LogP contribution in [0.15, 0.2) is 10.9 Å². The molecule has 1 aliphatic heterocycles. The van der Waals surface area contributed by atoms with Crippen LogP contribution in [-0.2, 0) is 4.74 Å². The molecule has 9 heteroatoms. The van der Waals surface area contributed by atoms with E-state index in [1.807, 2.05) is 7.05 Å². The number of imidazole rings is 1. The molecule has 20 heavy (non-hydrogen) atoms. The summed E-state index contributed by atoms with van der Waals surface area (Å²) < 4.78 is 10.7. The number of nitrogens with one attached hydrogen (secondary N) is 1. The van der Waals surface area contributed by atoms with E-state index < -0.39 is 5.97 Å². The fourth-order valence-electron chi connectivity index (χ4n) is 2.02. The van der Waals surface area contributed by atoms with Gasteiger partial charge in [-0.05, 0) is 7.05 Å². The van der Waals surface area contributed by atoms with Crippen LogP contribution in [0.5, 0.6) is 0 Å². The van der Waals surface area contributed by atoms with Gasteiger partial charge in [0.05, 0.1) is 12.9 Å². The number of likely N-dealkylation sites (N-methyl/N-ethyl adjacent to an activating group) is 1. The fraction of sp³-hybridized carbons (Fsp3) is 0.455. The number of ether oxygens (including phenoxy) is 1. The second kappa shape index (κ2) is 5.02. The molecule has 0 amide bonds. The molecule has 2 aromatic rings. The van der Waals surface area contributed by atoms with Crippen molar-refractivity contribution < 1.29 is 19.2 Å². The fourth-order valence-corrected chi connectivity index (χ4v) is 2.02. The van der Waals surface area contributed by atoms with E-state index in [9.17, 15) is 4.79 Å². The molecule has 106 valence electrons. The van der Waals surface area contributed by atoms with Crippen molar-refractivity contribution in [3.63, 3.8) is 0 Å². The Morgan fingerprint density at radius 3 is 3.20 bits per heavy atom. The van der Waals surface area contributed by atoms with Crippen LogP contribution in [0.25, 0.3) is 11.6 Å². The third-order valence-electron chi connectivity index (χ3n) is 3.06. The highest BCUT2D eigenvalue weighted by atomic mass is 16.5. The van der Waals surface area contributed by atoms with Crippen LogP contribution in [0.4, 0.5) is 0 Å². The molecule has 3 heterocycles. The van der Waals surface area contributed by atoms with Gasteiger partial charge >= 0.3 is 5.97 Å². The first-order valence-corrected chi connectivity index (χ1v) is 6.06. The van der Waals surface area contributed by atoms with Gasteiger partial charge in [-0.3, -0.25) is 0 Å². The summed E-state index contributed by atoms with van der Waals surface area (Å²) in [6.45, 7) is 2.11. The number of carboxylic acid groups (broad SMARTS) is 1. The van der Waals surface area contributed by atoms with E-state index in [-0.39, 0.29) is 23.4 Å². The first-order chi connectivity index (χ1) is 9.65. The molecule has 1 aliphatic rings. The summed E-state index contributed by atoms with van der Waals surface area (Å²) in [4.78, 5) is 23.7. The maximum absolute atomic E-state index is 11.0. The molecule has 3 rings (SSSR count). The summed E-state index contributed by atoms with van der Waals surface area (Å²) in [7, 11) is 1.98. The zero-order valence-electron chi connectivity index (χ0n) is 10.7. The summed E-state index contributed by atoms with van der Waals surface area (Å²) in [6.07, 6.45) is 0.996. The Hall–Kier alpha value is -2.26. The number of aromatic carboxylic acids is 1. The summed E-state index contributed by atoms with van der Waals surface area (Å²) in [6, 6.07) is 0. The molecular weight excluding hydrogens is 266 g/mol. The van der Waals surface area contributed by atoms with E-state index in [4.69, 9.17) is 14.4 Å². The molecule has 1 unspecified atom stereocenters. The van der Waals surface area contributed by atoms with Gasteiger partial charge in [0.15, 0.2) is 5.69 Å². The summed E-state index contributed by atoms with van der Waals surface area (Å²) in [5, 5.41) is 12.9. The van der Waals surface area contributed by atoms with Crippen LogP contribution in [0.3, 0.4) is 0 Å². The number of nitrogens with zero attached hydrogens (tertiary/aromatic N) is 4. The Labute approximate surface area is 113 Å². The lowest BCUT2D eigenvalue weighted by atomic mass is 10.2. The topological polar surface area (TPSA) is 117 Å². The molecule has 1 fully saturated rings. The standard InChI is InChI=1S/C11H13N5O4/c1-16-2-3-19-6(4-16)9-14-10(20-15-9)7-8(11(17)18)13-5-12-7/h5-6H,2-4H2,1H3,(H,12,13)(H,17,18). The number of aromatic amines is 1. The number of aromatic nitrogens is 4. The lowest BCUT2D eigenvalue weighted by Crippen LogP contribution is -2.35. The number of H-pyrrole nitrogens is 1. The molecule has 0 radical (unpaired) electrons. The molecule has 2 aromatic heterocycles. The Balaban J connectivity index is 1.86. The molecule has 0 aromatic carbocycles. The maximum atomic E-state index is 11.0. The normalized spacial score (nSPS) is 20.1. The van der Waals surface area contributed by atoms with Gasteiger partial charge in [-0.2, -0.15) is 4.98 Å². The van der Waals surface area contributed by atoms with Crippen molar-refractivity contribution in [2.45, 2.75) is 6.10 Å². The van der Waals surface area contributed by atoms with E-state index >= 15 is 0 Å². The zero-order valence-corrected chi connectivity index (χ0v) is 10.7. The number of hydrogen-bond acceptors (Lipinski definition) is 7. The van der Waals surface area contributed by atoms with Gasteiger partial charge in [0.1, 0.15) is 11.8 Å². The average Bonchev–Trinajstić information content (AvgIpc) is 3.07. The van der Waals surface area contributed by atoms with Crippen molar-refractivity contribution in [2.75, 3.05) is 26.7 Å². The quantitative estimate of drug-likeness (QED) is 0.815. The second-order valence-electron chi connectivity index (χ2n) is 4.51. The molecule has 0 bridgehead atoms. The first kappa shape index (κ1) is 12.8. The number of carboxylic acids is 1. The third kappa shape index (κ3) is 2.28. The minimum absolute atomic E-state index is 0.0896. The highest BCUT2D eigenvalue weighted by Gasteiger charge is 2.26. The maximum Gasteiger partial charge on any atom is 0.356 e. The van der Waals surface area contributed by atoms with E-state index in [1.54, 1.807) is 0 Å². The van der Waals surface area contributed by atoms with Crippen molar-refractivity contribution in [3.8, 4) is 11.6 Å². The molecule has 2 N–H and O–H groups in total. The highest BCUT2D eigenvalue weighted by molar-refractivity contribution is 5.91. The van der Waals surface area contributed by atoms with Crippen LogP contribution in [-0.4, -0.2) is 62.8 Å². The predicted octanol–water partition coefficient (Wildman–Crippen LogP) is 0.161.